The van der Waals surface area contributed by atoms with E-state index in [4.69, 9.17) is 0 Å². The second-order valence-corrected chi connectivity index (χ2v) is 4.93. The minimum absolute atomic E-state index is 0.307. The molecule has 0 unspecified atom stereocenters. The molecule has 0 radical (unpaired) electrons. The zero-order valence-corrected chi connectivity index (χ0v) is 10.6. The lowest BCUT2D eigenvalue weighted by Crippen LogP contribution is -2.34. The smallest absolute Gasteiger partial charge is 0.225 e. The van der Waals surface area contributed by atoms with E-state index in [1.807, 2.05) is 11.9 Å². The van der Waals surface area contributed by atoms with Crippen LogP contribution in [-0.4, -0.2) is 29.7 Å². The third kappa shape index (κ3) is 3.60. The number of carbonyl (C=O) groups is 1. The van der Waals surface area contributed by atoms with E-state index in [9.17, 15) is 4.79 Å². The number of halogens is 1. The van der Waals surface area contributed by atoms with Crippen molar-refractivity contribution in [3.8, 4) is 0 Å². The fourth-order valence-corrected chi connectivity index (χ4v) is 2.61. The van der Waals surface area contributed by atoms with Crippen molar-refractivity contribution in [1.29, 1.82) is 0 Å². The number of nitrogens with zero attached hydrogens (tertiary/aromatic N) is 1. The van der Waals surface area contributed by atoms with Crippen LogP contribution < -0.4 is 0 Å². The van der Waals surface area contributed by atoms with E-state index >= 15 is 0 Å². The van der Waals surface area contributed by atoms with Gasteiger partial charge in [-0.3, -0.25) is 4.79 Å². The Kier molecular flexibility index (Phi) is 5.53. The summed E-state index contributed by atoms with van der Waals surface area (Å²) >= 11 is 3.36. The van der Waals surface area contributed by atoms with Gasteiger partial charge in [0, 0.05) is 24.8 Å². The summed E-state index contributed by atoms with van der Waals surface area (Å²) in [5.41, 5.74) is 0. The fourth-order valence-electron chi connectivity index (χ4n) is 2.07. The summed E-state index contributed by atoms with van der Waals surface area (Å²) in [4.78, 5) is 13.8. The summed E-state index contributed by atoms with van der Waals surface area (Å²) in [5.74, 6) is 0.660. The molecule has 1 aliphatic carbocycles. The van der Waals surface area contributed by atoms with Gasteiger partial charge in [0.2, 0.25) is 5.91 Å². The van der Waals surface area contributed by atoms with Gasteiger partial charge in [-0.1, -0.05) is 41.6 Å². The molecule has 0 aliphatic heterocycles. The highest BCUT2D eigenvalue weighted by Gasteiger charge is 2.22. The molecule has 0 aromatic carbocycles. The van der Waals surface area contributed by atoms with Crippen LogP contribution in [-0.2, 0) is 4.79 Å². The maximum atomic E-state index is 11.9. The molecular weight excluding hydrogens is 242 g/mol. The molecule has 0 spiro atoms. The van der Waals surface area contributed by atoms with Crippen LogP contribution in [0.5, 0.6) is 0 Å². The SMILES string of the molecule is CN(CCBr)C(=O)C1CCCCCC1. The summed E-state index contributed by atoms with van der Waals surface area (Å²) in [6, 6.07) is 0. The summed E-state index contributed by atoms with van der Waals surface area (Å²) in [5, 5.41) is 0.877. The fraction of sp³-hybridized carbons (Fsp3) is 0.909. The van der Waals surface area contributed by atoms with Crippen molar-refractivity contribution < 1.29 is 4.79 Å². The number of alkyl halides is 1. The van der Waals surface area contributed by atoms with Crippen molar-refractivity contribution in [2.75, 3.05) is 18.9 Å². The Morgan fingerprint density at radius 2 is 1.86 bits per heavy atom. The third-order valence-electron chi connectivity index (χ3n) is 3.00. The van der Waals surface area contributed by atoms with E-state index in [0.29, 0.717) is 11.8 Å². The molecule has 1 fully saturated rings. The highest BCUT2D eigenvalue weighted by molar-refractivity contribution is 9.09. The van der Waals surface area contributed by atoms with E-state index in [2.05, 4.69) is 15.9 Å². The molecule has 0 heterocycles. The molecule has 1 aliphatic rings. The van der Waals surface area contributed by atoms with Crippen LogP contribution in [0, 0.1) is 5.92 Å². The summed E-state index contributed by atoms with van der Waals surface area (Å²) in [6.07, 6.45) is 7.30. The van der Waals surface area contributed by atoms with Crippen LogP contribution in [0.15, 0.2) is 0 Å². The standard InChI is InChI=1S/C11H20BrNO/c1-13(9-8-12)11(14)10-6-4-2-3-5-7-10/h10H,2-9H2,1H3. The zero-order valence-electron chi connectivity index (χ0n) is 8.97. The average molecular weight is 262 g/mol. The second-order valence-electron chi connectivity index (χ2n) is 4.14. The molecule has 82 valence electrons. The molecule has 0 aromatic heterocycles. The number of amides is 1. The van der Waals surface area contributed by atoms with Crippen LogP contribution in [0.2, 0.25) is 0 Å². The first-order chi connectivity index (χ1) is 6.75. The molecule has 1 saturated carbocycles. The summed E-state index contributed by atoms with van der Waals surface area (Å²) < 4.78 is 0. The van der Waals surface area contributed by atoms with Gasteiger partial charge in [-0.05, 0) is 12.8 Å². The number of hydrogen-bond donors (Lipinski definition) is 0. The monoisotopic (exact) mass is 261 g/mol. The number of rotatable bonds is 3. The summed E-state index contributed by atoms with van der Waals surface area (Å²) in [7, 11) is 1.91. The molecular formula is C11H20BrNO. The van der Waals surface area contributed by atoms with Gasteiger partial charge >= 0.3 is 0 Å². The third-order valence-corrected chi connectivity index (χ3v) is 3.36. The predicted octanol–water partition coefficient (Wildman–Crippen LogP) is 2.81. The predicted molar refractivity (Wildman–Crippen MR) is 62.6 cm³/mol. The Hall–Kier alpha value is -0.0500. The first kappa shape index (κ1) is 12.0. The van der Waals surface area contributed by atoms with Crippen molar-refractivity contribution >= 4 is 21.8 Å². The Balaban J connectivity index is 2.40. The molecule has 0 aromatic rings. The zero-order chi connectivity index (χ0) is 10.4. The van der Waals surface area contributed by atoms with Gasteiger partial charge in [-0.2, -0.15) is 0 Å². The van der Waals surface area contributed by atoms with Crippen LogP contribution >= 0.6 is 15.9 Å². The van der Waals surface area contributed by atoms with Gasteiger partial charge in [-0.25, -0.2) is 0 Å². The largest absolute Gasteiger partial charge is 0.345 e. The first-order valence-electron chi connectivity index (χ1n) is 5.56. The molecule has 14 heavy (non-hydrogen) atoms. The Morgan fingerprint density at radius 1 is 1.29 bits per heavy atom. The second kappa shape index (κ2) is 6.44. The van der Waals surface area contributed by atoms with Gasteiger partial charge < -0.3 is 4.90 Å². The van der Waals surface area contributed by atoms with E-state index in [1.54, 1.807) is 0 Å². The van der Waals surface area contributed by atoms with Crippen molar-refractivity contribution in [3.05, 3.63) is 0 Å². The normalized spacial score (nSPS) is 19.0. The van der Waals surface area contributed by atoms with Crippen LogP contribution in [0.3, 0.4) is 0 Å². The Morgan fingerprint density at radius 3 is 2.36 bits per heavy atom. The minimum Gasteiger partial charge on any atom is -0.345 e. The van der Waals surface area contributed by atoms with Gasteiger partial charge in [0.15, 0.2) is 0 Å². The lowest BCUT2D eigenvalue weighted by atomic mass is 9.99. The molecule has 0 bridgehead atoms. The molecule has 1 amide bonds. The average Bonchev–Trinajstić information content (AvgIpc) is 2.45. The van der Waals surface area contributed by atoms with E-state index in [-0.39, 0.29) is 0 Å². The molecule has 0 saturated heterocycles. The molecule has 3 heteroatoms. The van der Waals surface area contributed by atoms with Crippen molar-refractivity contribution in [3.63, 3.8) is 0 Å². The molecule has 0 atom stereocenters. The van der Waals surface area contributed by atoms with Crippen LogP contribution in [0.4, 0.5) is 0 Å². The molecule has 2 nitrogen and oxygen atoms in total. The van der Waals surface area contributed by atoms with Gasteiger partial charge in [0.25, 0.3) is 0 Å². The van der Waals surface area contributed by atoms with Gasteiger partial charge in [-0.15, -0.1) is 0 Å². The number of hydrogen-bond acceptors (Lipinski definition) is 1. The van der Waals surface area contributed by atoms with Gasteiger partial charge in [0.1, 0.15) is 0 Å². The maximum absolute atomic E-state index is 11.9. The molecule has 0 N–H and O–H groups in total. The van der Waals surface area contributed by atoms with E-state index < -0.39 is 0 Å². The Labute approximate surface area is 95.2 Å². The number of carbonyl (C=O) groups excluding carboxylic acids is 1. The Bertz CT molecular complexity index is 176. The van der Waals surface area contributed by atoms with Crippen molar-refractivity contribution in [2.45, 2.75) is 38.5 Å². The summed E-state index contributed by atoms with van der Waals surface area (Å²) in [6.45, 7) is 0.829. The molecule has 1 rings (SSSR count). The maximum Gasteiger partial charge on any atom is 0.225 e. The van der Waals surface area contributed by atoms with E-state index in [0.717, 1.165) is 24.7 Å². The van der Waals surface area contributed by atoms with Crippen LogP contribution in [0.1, 0.15) is 38.5 Å². The highest BCUT2D eigenvalue weighted by atomic mass is 79.9. The minimum atomic E-state index is 0.307. The van der Waals surface area contributed by atoms with E-state index in [1.165, 1.54) is 25.7 Å². The quantitative estimate of drug-likeness (QED) is 0.565. The lowest BCUT2D eigenvalue weighted by molar-refractivity contribution is -0.134. The first-order valence-corrected chi connectivity index (χ1v) is 6.69. The van der Waals surface area contributed by atoms with Gasteiger partial charge in [0.05, 0.1) is 0 Å². The van der Waals surface area contributed by atoms with Crippen molar-refractivity contribution in [1.82, 2.24) is 4.90 Å². The highest BCUT2D eigenvalue weighted by Crippen LogP contribution is 2.24. The lowest BCUT2D eigenvalue weighted by Gasteiger charge is -2.21. The van der Waals surface area contributed by atoms with Crippen LogP contribution in [0.25, 0.3) is 0 Å². The topological polar surface area (TPSA) is 20.3 Å². The van der Waals surface area contributed by atoms with Crippen molar-refractivity contribution in [2.24, 2.45) is 5.92 Å².